The lowest BCUT2D eigenvalue weighted by molar-refractivity contribution is -0.120. The summed E-state index contributed by atoms with van der Waals surface area (Å²) in [7, 11) is 0. The highest BCUT2D eigenvalue weighted by Crippen LogP contribution is 2.17. The van der Waals surface area contributed by atoms with Gasteiger partial charge in [-0.05, 0) is 29.1 Å². The van der Waals surface area contributed by atoms with Crippen LogP contribution in [0.3, 0.4) is 0 Å². The van der Waals surface area contributed by atoms with Crippen molar-refractivity contribution < 1.29 is 9.53 Å². The van der Waals surface area contributed by atoms with E-state index in [1.54, 1.807) is 17.6 Å². The van der Waals surface area contributed by atoms with Crippen molar-refractivity contribution in [3.8, 4) is 5.75 Å². The van der Waals surface area contributed by atoms with Crippen LogP contribution in [-0.2, 0) is 17.8 Å². The summed E-state index contributed by atoms with van der Waals surface area (Å²) >= 11 is 1.56. The number of amides is 1. The van der Waals surface area contributed by atoms with E-state index in [4.69, 9.17) is 4.74 Å². The number of carbonyl (C=O) groups excluding carboxylic acids is 1. The number of carbonyl (C=O) groups is 1. The van der Waals surface area contributed by atoms with Crippen molar-refractivity contribution in [3.05, 3.63) is 88.1 Å². The number of benzene rings is 2. The topological polar surface area (TPSA) is 50.7 Å². The van der Waals surface area contributed by atoms with Crippen LogP contribution in [0.4, 0.5) is 0 Å². The van der Waals surface area contributed by atoms with E-state index in [2.05, 4.69) is 10.5 Å². The number of ether oxygens (including phenoxy) is 1. The molecule has 0 radical (unpaired) electrons. The molecule has 0 atom stereocenters. The Balaban J connectivity index is 1.57. The minimum absolute atomic E-state index is 0.138. The SMILES string of the molecule is O=C(Cc1cccs1)N/N=C\c1ccccc1OCc1ccccc1. The van der Waals surface area contributed by atoms with Gasteiger partial charge in [0.15, 0.2) is 0 Å². The van der Waals surface area contributed by atoms with Crippen molar-refractivity contribution in [1.82, 2.24) is 5.43 Å². The molecular weight excluding hydrogens is 332 g/mol. The average molecular weight is 350 g/mol. The van der Waals surface area contributed by atoms with Gasteiger partial charge in [-0.2, -0.15) is 5.10 Å². The van der Waals surface area contributed by atoms with E-state index in [1.807, 2.05) is 72.1 Å². The van der Waals surface area contributed by atoms with Crippen LogP contribution in [0.5, 0.6) is 5.75 Å². The maximum Gasteiger partial charge on any atom is 0.245 e. The monoisotopic (exact) mass is 350 g/mol. The molecule has 5 heteroatoms. The van der Waals surface area contributed by atoms with Gasteiger partial charge in [0.2, 0.25) is 5.91 Å². The second kappa shape index (κ2) is 8.80. The minimum atomic E-state index is -0.138. The number of hydrazone groups is 1. The molecule has 0 fully saturated rings. The van der Waals surface area contributed by atoms with Crippen molar-refractivity contribution in [3.63, 3.8) is 0 Å². The second-order valence-corrected chi connectivity index (χ2v) is 6.39. The normalized spacial score (nSPS) is 10.7. The summed E-state index contributed by atoms with van der Waals surface area (Å²) in [6.07, 6.45) is 1.94. The Hall–Kier alpha value is -2.92. The lowest BCUT2D eigenvalue weighted by Gasteiger charge is -2.08. The summed E-state index contributed by atoms with van der Waals surface area (Å²) in [6, 6.07) is 21.4. The fourth-order valence-corrected chi connectivity index (χ4v) is 2.94. The molecule has 0 saturated carbocycles. The van der Waals surface area contributed by atoms with E-state index in [0.717, 1.165) is 21.8 Å². The van der Waals surface area contributed by atoms with Gasteiger partial charge in [0.25, 0.3) is 0 Å². The Morgan fingerprint density at radius 1 is 1.04 bits per heavy atom. The largest absolute Gasteiger partial charge is 0.488 e. The molecule has 126 valence electrons. The highest BCUT2D eigenvalue weighted by molar-refractivity contribution is 7.10. The van der Waals surface area contributed by atoms with Crippen molar-refractivity contribution >= 4 is 23.5 Å². The zero-order valence-corrected chi connectivity index (χ0v) is 14.4. The third-order valence-corrected chi connectivity index (χ3v) is 4.34. The third-order valence-electron chi connectivity index (χ3n) is 3.46. The Labute approximate surface area is 150 Å². The van der Waals surface area contributed by atoms with E-state index < -0.39 is 0 Å². The molecule has 2 aromatic carbocycles. The molecule has 1 amide bonds. The number of para-hydroxylation sites is 1. The van der Waals surface area contributed by atoms with Crippen molar-refractivity contribution in [2.45, 2.75) is 13.0 Å². The quantitative estimate of drug-likeness (QED) is 0.517. The molecule has 1 aromatic heterocycles. The maximum atomic E-state index is 11.8. The van der Waals surface area contributed by atoms with Crippen LogP contribution in [0.2, 0.25) is 0 Å². The molecule has 1 N–H and O–H groups in total. The van der Waals surface area contributed by atoms with E-state index in [0.29, 0.717) is 13.0 Å². The molecule has 25 heavy (non-hydrogen) atoms. The van der Waals surface area contributed by atoms with Gasteiger partial charge in [-0.3, -0.25) is 4.79 Å². The van der Waals surface area contributed by atoms with Crippen LogP contribution in [-0.4, -0.2) is 12.1 Å². The highest BCUT2D eigenvalue weighted by atomic mass is 32.1. The van der Waals surface area contributed by atoms with Gasteiger partial charge >= 0.3 is 0 Å². The van der Waals surface area contributed by atoms with Gasteiger partial charge in [0, 0.05) is 10.4 Å². The van der Waals surface area contributed by atoms with E-state index in [9.17, 15) is 4.79 Å². The molecule has 0 aliphatic heterocycles. The Morgan fingerprint density at radius 3 is 2.64 bits per heavy atom. The Morgan fingerprint density at radius 2 is 1.84 bits per heavy atom. The molecule has 0 bridgehead atoms. The van der Waals surface area contributed by atoms with Gasteiger partial charge in [0.1, 0.15) is 12.4 Å². The first-order valence-electron chi connectivity index (χ1n) is 7.91. The average Bonchev–Trinajstić information content (AvgIpc) is 3.15. The summed E-state index contributed by atoms with van der Waals surface area (Å²) in [5, 5.41) is 5.99. The third kappa shape index (κ3) is 5.29. The minimum Gasteiger partial charge on any atom is -0.488 e. The molecular formula is C20H18N2O2S. The number of rotatable bonds is 7. The summed E-state index contributed by atoms with van der Waals surface area (Å²) in [6.45, 7) is 0.483. The lowest BCUT2D eigenvalue weighted by atomic mass is 10.2. The first-order valence-corrected chi connectivity index (χ1v) is 8.79. The van der Waals surface area contributed by atoms with Gasteiger partial charge in [-0.15, -0.1) is 11.3 Å². The van der Waals surface area contributed by atoms with E-state index >= 15 is 0 Å². The summed E-state index contributed by atoms with van der Waals surface area (Å²) in [5.41, 5.74) is 4.46. The Bertz CT molecular complexity index is 830. The highest BCUT2D eigenvalue weighted by Gasteiger charge is 2.04. The molecule has 3 rings (SSSR count). The fourth-order valence-electron chi connectivity index (χ4n) is 2.24. The standard InChI is InChI=1S/C20H18N2O2S/c23-20(13-18-10-6-12-25-18)22-21-14-17-9-4-5-11-19(17)24-15-16-7-2-1-3-8-16/h1-12,14H,13,15H2,(H,22,23)/b21-14-. The van der Waals surface area contributed by atoms with Gasteiger partial charge < -0.3 is 4.74 Å². The smallest absolute Gasteiger partial charge is 0.245 e. The molecule has 1 heterocycles. The zero-order valence-electron chi connectivity index (χ0n) is 13.6. The summed E-state index contributed by atoms with van der Waals surface area (Å²) < 4.78 is 5.86. The fraction of sp³-hybridized carbons (Fsp3) is 0.100. The maximum absolute atomic E-state index is 11.8. The van der Waals surface area contributed by atoms with Crippen molar-refractivity contribution in [1.29, 1.82) is 0 Å². The molecule has 4 nitrogen and oxygen atoms in total. The van der Waals surface area contributed by atoms with Crippen LogP contribution in [0, 0.1) is 0 Å². The summed E-state index contributed by atoms with van der Waals surface area (Å²) in [5.74, 6) is 0.587. The molecule has 0 aliphatic rings. The Kier molecular flexibility index (Phi) is 5.96. The predicted molar refractivity (Wildman–Crippen MR) is 101 cm³/mol. The molecule has 0 unspecified atom stereocenters. The first kappa shape index (κ1) is 16.9. The molecule has 0 spiro atoms. The number of hydrogen-bond donors (Lipinski definition) is 1. The summed E-state index contributed by atoms with van der Waals surface area (Å²) in [4.78, 5) is 12.9. The van der Waals surface area contributed by atoms with Crippen LogP contribution < -0.4 is 10.2 Å². The molecule has 0 saturated heterocycles. The number of nitrogens with zero attached hydrogens (tertiary/aromatic N) is 1. The van der Waals surface area contributed by atoms with Crippen LogP contribution >= 0.6 is 11.3 Å². The van der Waals surface area contributed by atoms with E-state index in [1.165, 1.54) is 0 Å². The van der Waals surface area contributed by atoms with Crippen LogP contribution in [0.25, 0.3) is 0 Å². The number of hydrogen-bond acceptors (Lipinski definition) is 4. The molecule has 0 aliphatic carbocycles. The number of thiophene rings is 1. The second-order valence-electron chi connectivity index (χ2n) is 5.36. The zero-order chi connectivity index (χ0) is 17.3. The first-order chi connectivity index (χ1) is 12.3. The van der Waals surface area contributed by atoms with Gasteiger partial charge in [-0.25, -0.2) is 5.43 Å². The van der Waals surface area contributed by atoms with E-state index in [-0.39, 0.29) is 5.91 Å². The lowest BCUT2D eigenvalue weighted by Crippen LogP contribution is -2.19. The predicted octanol–water partition coefficient (Wildman–Crippen LogP) is 4.02. The van der Waals surface area contributed by atoms with Crippen molar-refractivity contribution in [2.75, 3.05) is 0 Å². The molecule has 3 aromatic rings. The van der Waals surface area contributed by atoms with Gasteiger partial charge in [0.05, 0.1) is 12.6 Å². The van der Waals surface area contributed by atoms with Crippen molar-refractivity contribution in [2.24, 2.45) is 5.10 Å². The van der Waals surface area contributed by atoms with Crippen LogP contribution in [0.1, 0.15) is 16.0 Å². The number of nitrogens with one attached hydrogen (secondary N) is 1. The van der Waals surface area contributed by atoms with Gasteiger partial charge in [-0.1, -0.05) is 48.5 Å². The van der Waals surface area contributed by atoms with Crippen LogP contribution in [0.15, 0.2) is 77.2 Å².